The first-order valence-electron chi connectivity index (χ1n) is 5.33. The second kappa shape index (κ2) is 3.77. The Labute approximate surface area is 92.9 Å². The molecule has 1 aliphatic heterocycles. The number of nitrogens with one attached hydrogen (secondary N) is 1. The second-order valence-corrected chi connectivity index (χ2v) is 5.98. The molecule has 0 spiro atoms. The molecule has 1 heterocycles. The van der Waals surface area contributed by atoms with Gasteiger partial charge in [-0.05, 0) is 30.8 Å². The Hall–Kier alpha value is -0.590. The Balaban J connectivity index is 2.58. The molecule has 82 valence electrons. The first-order chi connectivity index (χ1) is 7.08. The molecule has 0 saturated carbocycles. The van der Waals surface area contributed by atoms with Gasteiger partial charge in [0.05, 0.1) is 6.10 Å². The minimum atomic E-state index is -0.379. The summed E-state index contributed by atoms with van der Waals surface area (Å²) in [6, 6.07) is 6.15. The van der Waals surface area contributed by atoms with E-state index in [2.05, 4.69) is 25.0 Å². The smallest absolute Gasteiger partial charge is 0.0765 e. The number of anilines is 1. The van der Waals surface area contributed by atoms with E-state index in [0.29, 0.717) is 0 Å². The summed E-state index contributed by atoms with van der Waals surface area (Å²) >= 11 is 0. The molecule has 1 aromatic rings. The van der Waals surface area contributed by atoms with E-state index in [-0.39, 0.29) is 11.3 Å². The van der Waals surface area contributed by atoms with Gasteiger partial charge in [0.25, 0.3) is 0 Å². The third kappa shape index (κ3) is 1.66. The minimum absolute atomic E-state index is 0.197. The van der Waals surface area contributed by atoms with Crippen molar-refractivity contribution in [3.05, 3.63) is 29.3 Å². The maximum atomic E-state index is 9.79. The molecule has 0 fully saturated rings. The Morgan fingerprint density at radius 3 is 2.87 bits per heavy atom. The molecule has 2 nitrogen and oxygen atoms in total. The van der Waals surface area contributed by atoms with E-state index in [0.717, 1.165) is 20.7 Å². The average Bonchev–Trinajstić information content (AvgIpc) is 2.57. The first-order valence-corrected chi connectivity index (χ1v) is 6.83. The highest BCUT2D eigenvalue weighted by atomic mass is 31.1. The van der Waals surface area contributed by atoms with Crippen molar-refractivity contribution >= 4 is 14.3 Å². The molecular weight excluding hydrogens is 205 g/mol. The van der Waals surface area contributed by atoms with E-state index < -0.39 is 0 Å². The summed E-state index contributed by atoms with van der Waals surface area (Å²) in [6.07, 6.45) is -0.379. The van der Waals surface area contributed by atoms with Crippen molar-refractivity contribution in [1.29, 1.82) is 0 Å². The summed E-state index contributed by atoms with van der Waals surface area (Å²) < 4.78 is 0. The van der Waals surface area contributed by atoms with Gasteiger partial charge in [-0.25, -0.2) is 0 Å². The lowest BCUT2D eigenvalue weighted by atomic mass is 9.94. The van der Waals surface area contributed by atoms with Crippen LogP contribution in [0.2, 0.25) is 0 Å². The van der Waals surface area contributed by atoms with Crippen LogP contribution in [0, 0.1) is 0 Å². The van der Waals surface area contributed by atoms with Crippen LogP contribution in [0.15, 0.2) is 18.2 Å². The van der Waals surface area contributed by atoms with Crippen LogP contribution in [0.25, 0.3) is 0 Å². The van der Waals surface area contributed by atoms with Gasteiger partial charge >= 0.3 is 0 Å². The standard InChI is InChI=1S/C12H18NOP/c1-8(14)9-5-4-6-10-11(9)12(2,15-3)7-13-10/h4-6,8,13-15H,7H2,1-3H3. The molecule has 3 heteroatoms. The third-order valence-electron chi connectivity index (χ3n) is 3.28. The fraction of sp³-hybridized carbons (Fsp3) is 0.500. The van der Waals surface area contributed by atoms with Crippen molar-refractivity contribution in [2.75, 3.05) is 18.5 Å². The zero-order valence-corrected chi connectivity index (χ0v) is 10.5. The predicted molar refractivity (Wildman–Crippen MR) is 67.2 cm³/mol. The van der Waals surface area contributed by atoms with Gasteiger partial charge in [-0.1, -0.05) is 19.1 Å². The Morgan fingerprint density at radius 2 is 2.27 bits per heavy atom. The molecule has 0 amide bonds. The van der Waals surface area contributed by atoms with Gasteiger partial charge in [0, 0.05) is 17.4 Å². The van der Waals surface area contributed by atoms with Crippen LogP contribution in [0.3, 0.4) is 0 Å². The lowest BCUT2D eigenvalue weighted by molar-refractivity contribution is 0.198. The third-order valence-corrected chi connectivity index (χ3v) is 4.81. The van der Waals surface area contributed by atoms with Crippen molar-refractivity contribution in [2.24, 2.45) is 0 Å². The number of aliphatic hydroxyl groups excluding tert-OH is 1. The summed E-state index contributed by atoms with van der Waals surface area (Å²) in [5.41, 5.74) is 3.60. The van der Waals surface area contributed by atoms with E-state index in [1.54, 1.807) is 0 Å². The molecule has 3 unspecified atom stereocenters. The van der Waals surface area contributed by atoms with Crippen molar-refractivity contribution in [3.63, 3.8) is 0 Å². The molecular formula is C12H18NOP. The molecule has 3 atom stereocenters. The summed E-state index contributed by atoms with van der Waals surface area (Å²) in [4.78, 5) is 0. The van der Waals surface area contributed by atoms with E-state index in [1.807, 2.05) is 19.1 Å². The minimum Gasteiger partial charge on any atom is -0.389 e. The van der Waals surface area contributed by atoms with Gasteiger partial charge in [-0.3, -0.25) is 0 Å². The first kappa shape index (κ1) is 10.9. The van der Waals surface area contributed by atoms with E-state index in [9.17, 15) is 5.11 Å². The lowest BCUT2D eigenvalue weighted by Gasteiger charge is -2.25. The van der Waals surface area contributed by atoms with Crippen molar-refractivity contribution in [3.8, 4) is 0 Å². The molecule has 0 radical (unpaired) electrons. The molecule has 1 aliphatic rings. The molecule has 0 saturated heterocycles. The summed E-state index contributed by atoms with van der Waals surface area (Å²) in [7, 11) is 0.847. The number of rotatable bonds is 2. The van der Waals surface area contributed by atoms with Crippen LogP contribution in [0.4, 0.5) is 5.69 Å². The SMILES string of the molecule is CPC1(C)CNc2cccc(C(C)O)c21. The molecule has 1 aromatic carbocycles. The quantitative estimate of drug-likeness (QED) is 0.755. The summed E-state index contributed by atoms with van der Waals surface area (Å²) in [5.74, 6) is 0. The summed E-state index contributed by atoms with van der Waals surface area (Å²) in [6.45, 7) is 7.33. The van der Waals surface area contributed by atoms with Crippen molar-refractivity contribution in [2.45, 2.75) is 25.1 Å². The fourth-order valence-electron chi connectivity index (χ4n) is 2.26. The maximum Gasteiger partial charge on any atom is 0.0765 e. The Morgan fingerprint density at radius 1 is 1.53 bits per heavy atom. The van der Waals surface area contributed by atoms with E-state index >= 15 is 0 Å². The van der Waals surface area contributed by atoms with Gasteiger partial charge in [0.2, 0.25) is 0 Å². The van der Waals surface area contributed by atoms with Gasteiger partial charge in [-0.15, -0.1) is 8.58 Å². The van der Waals surface area contributed by atoms with Gasteiger partial charge in [0.15, 0.2) is 0 Å². The lowest BCUT2D eigenvalue weighted by Crippen LogP contribution is -2.19. The fourth-order valence-corrected chi connectivity index (χ4v) is 3.05. The maximum absolute atomic E-state index is 9.79. The van der Waals surface area contributed by atoms with Crippen molar-refractivity contribution < 1.29 is 5.11 Å². The topological polar surface area (TPSA) is 32.3 Å². The monoisotopic (exact) mass is 223 g/mol. The van der Waals surface area contributed by atoms with Crippen molar-refractivity contribution in [1.82, 2.24) is 0 Å². The summed E-state index contributed by atoms with van der Waals surface area (Å²) in [5, 5.41) is 13.4. The second-order valence-electron chi connectivity index (χ2n) is 4.38. The highest BCUT2D eigenvalue weighted by Crippen LogP contribution is 2.49. The Bertz CT molecular complexity index is 378. The van der Waals surface area contributed by atoms with E-state index in [1.165, 1.54) is 11.3 Å². The molecule has 0 aromatic heterocycles. The van der Waals surface area contributed by atoms with Crippen LogP contribution in [-0.4, -0.2) is 18.3 Å². The molecule has 0 bridgehead atoms. The van der Waals surface area contributed by atoms with E-state index in [4.69, 9.17) is 0 Å². The van der Waals surface area contributed by atoms with Crippen LogP contribution >= 0.6 is 8.58 Å². The number of fused-ring (bicyclic) bond motifs is 1. The zero-order chi connectivity index (χ0) is 11.1. The highest BCUT2D eigenvalue weighted by Gasteiger charge is 2.35. The number of hydrogen-bond acceptors (Lipinski definition) is 2. The van der Waals surface area contributed by atoms with Gasteiger partial charge in [-0.2, -0.15) is 0 Å². The van der Waals surface area contributed by atoms with Crippen LogP contribution < -0.4 is 5.32 Å². The molecule has 0 aliphatic carbocycles. The van der Waals surface area contributed by atoms with Crippen LogP contribution in [0.1, 0.15) is 31.1 Å². The molecule has 2 N–H and O–H groups in total. The van der Waals surface area contributed by atoms with Crippen LogP contribution in [-0.2, 0) is 5.16 Å². The number of aliphatic hydroxyl groups is 1. The molecule has 2 rings (SSSR count). The molecule has 15 heavy (non-hydrogen) atoms. The largest absolute Gasteiger partial charge is 0.389 e. The van der Waals surface area contributed by atoms with Gasteiger partial charge in [0.1, 0.15) is 0 Å². The number of benzene rings is 1. The van der Waals surface area contributed by atoms with Crippen LogP contribution in [0.5, 0.6) is 0 Å². The average molecular weight is 223 g/mol. The predicted octanol–water partition coefficient (Wildman–Crippen LogP) is 2.69. The highest BCUT2D eigenvalue weighted by molar-refractivity contribution is 7.38. The van der Waals surface area contributed by atoms with Gasteiger partial charge < -0.3 is 10.4 Å². The zero-order valence-electron chi connectivity index (χ0n) is 9.46. The Kier molecular flexibility index (Phi) is 2.74. The normalized spacial score (nSPS) is 26.7. The number of hydrogen-bond donors (Lipinski definition) is 2.